The van der Waals surface area contributed by atoms with E-state index in [1.165, 1.54) is 6.08 Å². The van der Waals surface area contributed by atoms with E-state index in [0.717, 1.165) is 0 Å². The van der Waals surface area contributed by atoms with Gasteiger partial charge in [0.05, 0.1) is 5.92 Å². The largest absolute Gasteiger partial charge is 0.402 e. The second-order valence-electron chi connectivity index (χ2n) is 4.81. The summed E-state index contributed by atoms with van der Waals surface area (Å²) in [7, 11) is 0. The van der Waals surface area contributed by atoms with Crippen molar-refractivity contribution in [2.75, 3.05) is 0 Å². The van der Waals surface area contributed by atoms with Crippen LogP contribution in [0.4, 0.5) is 13.2 Å². The third-order valence-corrected chi connectivity index (χ3v) is 3.37. The summed E-state index contributed by atoms with van der Waals surface area (Å²) >= 11 is 0. The molecule has 3 atom stereocenters. The number of allylic oxidation sites excluding steroid dienone is 4. The van der Waals surface area contributed by atoms with Crippen molar-refractivity contribution in [2.45, 2.75) is 46.7 Å². The minimum absolute atomic E-state index is 0.0806. The smallest absolute Gasteiger partial charge is 0.395 e. The van der Waals surface area contributed by atoms with Crippen LogP contribution in [0.1, 0.15) is 40.5 Å². The molecule has 1 nitrogen and oxygen atoms in total. The molecule has 0 aromatic carbocycles. The van der Waals surface area contributed by atoms with E-state index in [0.29, 0.717) is 18.5 Å². The van der Waals surface area contributed by atoms with E-state index in [4.69, 9.17) is 5.73 Å². The first kappa shape index (κ1) is 17.1. The Bertz CT molecular complexity index is 292. The molecule has 0 radical (unpaired) electrons. The predicted molar refractivity (Wildman–Crippen MR) is 69.9 cm³/mol. The number of alkyl halides is 3. The van der Waals surface area contributed by atoms with Gasteiger partial charge in [-0.15, -0.1) is 0 Å². The van der Waals surface area contributed by atoms with Crippen molar-refractivity contribution in [1.82, 2.24) is 0 Å². The Morgan fingerprint density at radius 3 is 2.22 bits per heavy atom. The molecule has 0 aliphatic rings. The molecule has 18 heavy (non-hydrogen) atoms. The van der Waals surface area contributed by atoms with Crippen LogP contribution in [-0.4, -0.2) is 6.18 Å². The highest BCUT2D eigenvalue weighted by atomic mass is 19.4. The first-order chi connectivity index (χ1) is 8.23. The molecule has 0 fully saturated rings. The zero-order chi connectivity index (χ0) is 14.3. The Kier molecular flexibility index (Phi) is 7.11. The van der Waals surface area contributed by atoms with Crippen LogP contribution in [0.15, 0.2) is 23.9 Å². The summed E-state index contributed by atoms with van der Waals surface area (Å²) in [5.41, 5.74) is 6.42. The van der Waals surface area contributed by atoms with Crippen molar-refractivity contribution in [2.24, 2.45) is 23.5 Å². The van der Waals surface area contributed by atoms with Crippen LogP contribution in [-0.2, 0) is 0 Å². The number of halogens is 3. The van der Waals surface area contributed by atoms with Gasteiger partial charge in [0.25, 0.3) is 0 Å². The van der Waals surface area contributed by atoms with Crippen molar-refractivity contribution in [3.63, 3.8) is 0 Å². The molecule has 2 N–H and O–H groups in total. The first-order valence-electron chi connectivity index (χ1n) is 6.39. The van der Waals surface area contributed by atoms with Gasteiger partial charge in [-0.25, -0.2) is 0 Å². The number of hydrogen-bond donors (Lipinski definition) is 1. The standard InChI is InChI=1S/C14H24F3N/c1-5-10(3)12(14(15,16)17)9-7-8-11(4)13(18)6-2/h6-7,9-12H,5,8,18H2,1-4H3/b9-7+,13-6+/t10-,11?,12?/m1/s1. The van der Waals surface area contributed by atoms with Gasteiger partial charge in [-0.3, -0.25) is 0 Å². The third kappa shape index (κ3) is 5.61. The Balaban J connectivity index is 4.61. The van der Waals surface area contributed by atoms with Gasteiger partial charge in [0.1, 0.15) is 0 Å². The molecule has 0 aliphatic carbocycles. The minimum Gasteiger partial charge on any atom is -0.402 e. The summed E-state index contributed by atoms with van der Waals surface area (Å²) in [6, 6.07) is 0. The highest BCUT2D eigenvalue weighted by molar-refractivity contribution is 5.03. The highest BCUT2D eigenvalue weighted by Crippen LogP contribution is 2.34. The maximum atomic E-state index is 12.8. The molecule has 0 saturated carbocycles. The lowest BCUT2D eigenvalue weighted by atomic mass is 9.90. The summed E-state index contributed by atoms with van der Waals surface area (Å²) in [6.45, 7) is 7.14. The lowest BCUT2D eigenvalue weighted by Gasteiger charge is -2.22. The zero-order valence-electron chi connectivity index (χ0n) is 11.6. The Labute approximate surface area is 108 Å². The maximum absolute atomic E-state index is 12.8. The normalized spacial score (nSPS) is 18.9. The van der Waals surface area contributed by atoms with Gasteiger partial charge in [-0.05, 0) is 25.2 Å². The second kappa shape index (κ2) is 7.49. The van der Waals surface area contributed by atoms with Crippen molar-refractivity contribution < 1.29 is 13.2 Å². The van der Waals surface area contributed by atoms with Crippen LogP contribution in [0.5, 0.6) is 0 Å². The predicted octanol–water partition coefficient (Wildman–Crippen LogP) is 4.66. The molecule has 2 unspecified atom stereocenters. The molecule has 0 saturated heterocycles. The van der Waals surface area contributed by atoms with E-state index in [2.05, 4.69) is 0 Å². The fourth-order valence-electron chi connectivity index (χ4n) is 1.73. The molecule has 0 bridgehead atoms. The Morgan fingerprint density at radius 2 is 1.83 bits per heavy atom. The molecule has 0 aliphatic heterocycles. The second-order valence-corrected chi connectivity index (χ2v) is 4.81. The minimum atomic E-state index is -4.17. The van der Waals surface area contributed by atoms with Crippen LogP contribution in [0, 0.1) is 17.8 Å². The maximum Gasteiger partial charge on any atom is 0.395 e. The average molecular weight is 263 g/mol. The van der Waals surface area contributed by atoms with Crippen LogP contribution < -0.4 is 5.73 Å². The molecule has 0 aromatic rings. The quantitative estimate of drug-likeness (QED) is 0.693. The van der Waals surface area contributed by atoms with Gasteiger partial charge in [0, 0.05) is 5.70 Å². The Hall–Kier alpha value is -0.930. The van der Waals surface area contributed by atoms with Gasteiger partial charge < -0.3 is 5.73 Å². The van der Waals surface area contributed by atoms with Crippen LogP contribution >= 0.6 is 0 Å². The van der Waals surface area contributed by atoms with Crippen molar-refractivity contribution in [3.8, 4) is 0 Å². The summed E-state index contributed by atoms with van der Waals surface area (Å²) in [4.78, 5) is 0. The van der Waals surface area contributed by atoms with E-state index < -0.39 is 18.0 Å². The van der Waals surface area contributed by atoms with Crippen LogP contribution in [0.3, 0.4) is 0 Å². The Morgan fingerprint density at radius 1 is 1.28 bits per heavy atom. The van der Waals surface area contributed by atoms with E-state index in [1.54, 1.807) is 26.0 Å². The monoisotopic (exact) mass is 263 g/mol. The molecular formula is C14H24F3N. The number of nitrogens with two attached hydrogens (primary N) is 1. The topological polar surface area (TPSA) is 26.0 Å². The zero-order valence-corrected chi connectivity index (χ0v) is 11.6. The van der Waals surface area contributed by atoms with E-state index >= 15 is 0 Å². The fourth-order valence-corrected chi connectivity index (χ4v) is 1.73. The van der Waals surface area contributed by atoms with Crippen molar-refractivity contribution >= 4 is 0 Å². The summed E-state index contributed by atoms with van der Waals surface area (Å²) in [6.07, 6.45) is 1.56. The van der Waals surface area contributed by atoms with Gasteiger partial charge >= 0.3 is 6.18 Å². The number of hydrogen-bond acceptors (Lipinski definition) is 1. The molecule has 0 rings (SSSR count). The van der Waals surface area contributed by atoms with Gasteiger partial charge in [-0.2, -0.15) is 13.2 Å². The fraction of sp³-hybridized carbons (Fsp3) is 0.714. The lowest BCUT2D eigenvalue weighted by Crippen LogP contribution is -2.27. The lowest BCUT2D eigenvalue weighted by molar-refractivity contribution is -0.172. The average Bonchev–Trinajstić information content (AvgIpc) is 2.30. The van der Waals surface area contributed by atoms with E-state index in [1.807, 2.05) is 13.8 Å². The molecular weight excluding hydrogens is 239 g/mol. The summed E-state index contributed by atoms with van der Waals surface area (Å²) in [5, 5.41) is 0. The highest BCUT2D eigenvalue weighted by Gasteiger charge is 2.40. The van der Waals surface area contributed by atoms with E-state index in [-0.39, 0.29) is 5.92 Å². The first-order valence-corrected chi connectivity index (χ1v) is 6.39. The molecule has 0 heterocycles. The SMILES string of the molecule is C/C=C(/N)C(C)C/C=C/C([C@H](C)CC)C(F)(F)F. The van der Waals surface area contributed by atoms with Crippen LogP contribution in [0.25, 0.3) is 0 Å². The van der Waals surface area contributed by atoms with Gasteiger partial charge in [0.2, 0.25) is 0 Å². The molecule has 106 valence electrons. The summed E-state index contributed by atoms with van der Waals surface area (Å²) in [5.74, 6) is -1.67. The van der Waals surface area contributed by atoms with Gasteiger partial charge in [-0.1, -0.05) is 45.4 Å². The number of rotatable bonds is 6. The molecule has 0 spiro atoms. The van der Waals surface area contributed by atoms with Gasteiger partial charge in [0.15, 0.2) is 0 Å². The summed E-state index contributed by atoms with van der Waals surface area (Å²) < 4.78 is 38.5. The van der Waals surface area contributed by atoms with Crippen molar-refractivity contribution in [3.05, 3.63) is 23.9 Å². The van der Waals surface area contributed by atoms with E-state index in [9.17, 15) is 13.2 Å². The van der Waals surface area contributed by atoms with Crippen molar-refractivity contribution in [1.29, 1.82) is 0 Å². The van der Waals surface area contributed by atoms with Crippen LogP contribution in [0.2, 0.25) is 0 Å². The molecule has 4 heteroatoms. The molecule has 0 aromatic heterocycles. The third-order valence-electron chi connectivity index (χ3n) is 3.37. The molecule has 0 amide bonds.